The molecule has 4 atom stereocenters. The minimum atomic E-state index is -1.59. The van der Waals surface area contributed by atoms with Gasteiger partial charge in [-0.3, -0.25) is 14.3 Å². The van der Waals surface area contributed by atoms with Gasteiger partial charge >= 0.3 is 5.69 Å². The molecular weight excluding hydrogens is 256 g/mol. The molecule has 1 aromatic heterocycles. The summed E-state index contributed by atoms with van der Waals surface area (Å²) in [6.45, 7) is 0.888. The fourth-order valence-corrected chi connectivity index (χ4v) is 2.13. The topological polar surface area (TPSA) is 125 Å². The van der Waals surface area contributed by atoms with Crippen molar-refractivity contribution >= 4 is 0 Å². The molecule has 1 saturated heterocycles. The molecule has 1 aliphatic heterocycles. The van der Waals surface area contributed by atoms with Gasteiger partial charge in [-0.1, -0.05) is 0 Å². The van der Waals surface area contributed by atoms with E-state index in [1.54, 1.807) is 0 Å². The van der Waals surface area contributed by atoms with E-state index in [9.17, 15) is 19.8 Å². The number of aromatic nitrogens is 2. The molecule has 1 fully saturated rings. The van der Waals surface area contributed by atoms with Crippen molar-refractivity contribution in [3.8, 4) is 0 Å². The van der Waals surface area contributed by atoms with E-state index in [2.05, 4.69) is 4.98 Å². The molecule has 2 rings (SSSR count). The Balaban J connectivity index is 2.24. The molecule has 0 radical (unpaired) electrons. The van der Waals surface area contributed by atoms with Crippen LogP contribution in [0.25, 0.3) is 0 Å². The predicted octanol–water partition coefficient (Wildman–Crippen LogP) is -2.59. The average molecular weight is 272 g/mol. The van der Waals surface area contributed by atoms with Crippen molar-refractivity contribution in [2.75, 3.05) is 6.61 Å². The van der Waals surface area contributed by atoms with Crippen LogP contribution in [0.15, 0.2) is 21.9 Å². The molecular formula is C11H16N2O6. The van der Waals surface area contributed by atoms with Gasteiger partial charge in [-0.05, 0) is 6.92 Å². The maximum absolute atomic E-state index is 11.5. The molecule has 0 saturated carbocycles. The first kappa shape index (κ1) is 13.9. The highest BCUT2D eigenvalue weighted by Crippen LogP contribution is 2.31. The lowest BCUT2D eigenvalue weighted by molar-refractivity contribution is -0.0684. The first-order valence-corrected chi connectivity index (χ1v) is 5.82. The molecule has 8 nitrogen and oxygen atoms in total. The van der Waals surface area contributed by atoms with Crippen molar-refractivity contribution in [3.63, 3.8) is 0 Å². The third-order valence-corrected chi connectivity index (χ3v) is 3.38. The van der Waals surface area contributed by atoms with Crippen LogP contribution in [0.2, 0.25) is 0 Å². The van der Waals surface area contributed by atoms with Crippen LogP contribution in [0.1, 0.15) is 6.92 Å². The lowest BCUT2D eigenvalue weighted by Crippen LogP contribution is -2.48. The number of aliphatic hydroxyl groups excluding tert-OH is 2. The van der Waals surface area contributed by atoms with Crippen LogP contribution in [-0.2, 0) is 11.3 Å². The summed E-state index contributed by atoms with van der Waals surface area (Å²) in [6.07, 6.45) is -1.75. The maximum Gasteiger partial charge on any atom is 0.328 e. The van der Waals surface area contributed by atoms with Gasteiger partial charge in [0.25, 0.3) is 5.56 Å². The molecule has 4 N–H and O–H groups in total. The fraction of sp³-hybridized carbons (Fsp3) is 0.636. The predicted molar refractivity (Wildman–Crippen MR) is 63.7 cm³/mol. The average Bonchev–Trinajstić information content (AvgIpc) is 2.56. The van der Waals surface area contributed by atoms with Crippen molar-refractivity contribution in [3.05, 3.63) is 33.1 Å². The van der Waals surface area contributed by atoms with E-state index >= 15 is 0 Å². The van der Waals surface area contributed by atoms with Crippen LogP contribution in [0.3, 0.4) is 0 Å². The number of hydrogen-bond acceptors (Lipinski definition) is 6. The Kier molecular flexibility index (Phi) is 3.59. The standard InChI is InChI=1S/C11H16N2O6/c1-11(18)7(19-6(5-14)9(11)16)4-13-3-2-8(15)12-10(13)17/h2-3,6-7,9,14,16,18H,4-5H2,1H3,(H,12,15,17)/t6-,7+,9?,11?/m1/s1. The van der Waals surface area contributed by atoms with E-state index in [4.69, 9.17) is 9.84 Å². The number of hydrogen-bond donors (Lipinski definition) is 4. The molecule has 0 aliphatic carbocycles. The summed E-state index contributed by atoms with van der Waals surface area (Å²) in [5.41, 5.74) is -2.74. The summed E-state index contributed by atoms with van der Waals surface area (Å²) in [4.78, 5) is 24.5. The van der Waals surface area contributed by atoms with Gasteiger partial charge < -0.3 is 20.1 Å². The van der Waals surface area contributed by atoms with Crippen LogP contribution < -0.4 is 11.2 Å². The molecule has 0 amide bonds. The summed E-state index contributed by atoms with van der Waals surface area (Å²) >= 11 is 0. The van der Waals surface area contributed by atoms with Gasteiger partial charge in [-0.15, -0.1) is 0 Å². The molecule has 2 heterocycles. The molecule has 0 bridgehead atoms. The number of aromatic amines is 1. The van der Waals surface area contributed by atoms with E-state index in [-0.39, 0.29) is 6.54 Å². The van der Waals surface area contributed by atoms with Gasteiger partial charge in [0.1, 0.15) is 23.9 Å². The highest BCUT2D eigenvalue weighted by Gasteiger charge is 2.51. The summed E-state index contributed by atoms with van der Waals surface area (Å²) in [5.74, 6) is 0. The quantitative estimate of drug-likeness (QED) is 0.478. The maximum atomic E-state index is 11.5. The zero-order chi connectivity index (χ0) is 14.2. The molecule has 8 heteroatoms. The Labute approximate surface area is 107 Å². The van der Waals surface area contributed by atoms with Crippen molar-refractivity contribution < 1.29 is 20.1 Å². The van der Waals surface area contributed by atoms with E-state index < -0.39 is 41.8 Å². The summed E-state index contributed by atoms with van der Waals surface area (Å²) in [7, 11) is 0. The molecule has 106 valence electrons. The van der Waals surface area contributed by atoms with Crippen LogP contribution >= 0.6 is 0 Å². The van der Waals surface area contributed by atoms with E-state index in [0.29, 0.717) is 0 Å². The number of rotatable bonds is 3. The molecule has 19 heavy (non-hydrogen) atoms. The van der Waals surface area contributed by atoms with Gasteiger partial charge in [0, 0.05) is 12.3 Å². The summed E-state index contributed by atoms with van der Waals surface area (Å²) in [5, 5.41) is 29.0. The van der Waals surface area contributed by atoms with Crippen LogP contribution in [-0.4, -0.2) is 55.4 Å². The summed E-state index contributed by atoms with van der Waals surface area (Å²) in [6, 6.07) is 1.17. The molecule has 2 unspecified atom stereocenters. The Morgan fingerprint density at radius 3 is 2.74 bits per heavy atom. The number of nitrogens with one attached hydrogen (secondary N) is 1. The minimum absolute atomic E-state index is 0.0455. The lowest BCUT2D eigenvalue weighted by Gasteiger charge is -2.26. The SMILES string of the molecule is CC1(O)C(O)[C@@H](CO)O[C@H]1Cn1ccc(=O)[nH]c1=O. The normalized spacial score (nSPS) is 34.6. The smallest absolute Gasteiger partial charge is 0.328 e. The van der Waals surface area contributed by atoms with E-state index in [1.165, 1.54) is 19.2 Å². The van der Waals surface area contributed by atoms with E-state index in [1.807, 2.05) is 0 Å². The lowest BCUT2D eigenvalue weighted by atomic mass is 9.93. The van der Waals surface area contributed by atoms with Crippen LogP contribution in [0, 0.1) is 0 Å². The molecule has 0 aromatic carbocycles. The second kappa shape index (κ2) is 4.89. The van der Waals surface area contributed by atoms with Crippen molar-refractivity contribution in [1.82, 2.24) is 9.55 Å². The second-order valence-electron chi connectivity index (χ2n) is 4.78. The monoisotopic (exact) mass is 272 g/mol. The van der Waals surface area contributed by atoms with Gasteiger partial charge in [0.2, 0.25) is 0 Å². The number of H-pyrrole nitrogens is 1. The molecule has 0 spiro atoms. The van der Waals surface area contributed by atoms with Crippen LogP contribution in [0.5, 0.6) is 0 Å². The first-order valence-electron chi connectivity index (χ1n) is 5.82. The third kappa shape index (κ3) is 2.47. The van der Waals surface area contributed by atoms with Gasteiger partial charge in [-0.25, -0.2) is 4.79 Å². The third-order valence-electron chi connectivity index (χ3n) is 3.38. The van der Waals surface area contributed by atoms with Gasteiger partial charge in [-0.2, -0.15) is 0 Å². The Morgan fingerprint density at radius 1 is 1.53 bits per heavy atom. The first-order chi connectivity index (χ1) is 8.86. The number of aliphatic hydroxyl groups is 3. The Bertz CT molecular complexity index is 563. The molecule has 1 aromatic rings. The fourth-order valence-electron chi connectivity index (χ4n) is 2.13. The number of nitrogens with zero attached hydrogens (tertiary/aromatic N) is 1. The van der Waals surface area contributed by atoms with Crippen molar-refractivity contribution in [2.45, 2.75) is 37.4 Å². The highest BCUT2D eigenvalue weighted by atomic mass is 16.6. The number of ether oxygens (including phenoxy) is 1. The minimum Gasteiger partial charge on any atom is -0.394 e. The van der Waals surface area contributed by atoms with Crippen LogP contribution in [0.4, 0.5) is 0 Å². The molecule has 1 aliphatic rings. The zero-order valence-electron chi connectivity index (χ0n) is 10.3. The highest BCUT2D eigenvalue weighted by molar-refractivity contribution is 5.01. The Hall–Kier alpha value is -1.48. The van der Waals surface area contributed by atoms with Gasteiger partial charge in [0.15, 0.2) is 0 Å². The van der Waals surface area contributed by atoms with Gasteiger partial charge in [0.05, 0.1) is 13.2 Å². The van der Waals surface area contributed by atoms with Crippen molar-refractivity contribution in [1.29, 1.82) is 0 Å². The largest absolute Gasteiger partial charge is 0.394 e. The zero-order valence-corrected chi connectivity index (χ0v) is 10.3. The second-order valence-corrected chi connectivity index (χ2v) is 4.78. The Morgan fingerprint density at radius 2 is 2.21 bits per heavy atom. The van der Waals surface area contributed by atoms with Crippen molar-refractivity contribution in [2.24, 2.45) is 0 Å². The van der Waals surface area contributed by atoms with E-state index in [0.717, 1.165) is 4.57 Å². The summed E-state index contributed by atoms with van der Waals surface area (Å²) < 4.78 is 6.49.